The monoisotopic (exact) mass is 347 g/mol. The van der Waals surface area contributed by atoms with E-state index in [-0.39, 0.29) is 17.5 Å². The molecule has 0 atom stereocenters. The van der Waals surface area contributed by atoms with Crippen molar-refractivity contribution >= 4 is 34.3 Å². The van der Waals surface area contributed by atoms with Crippen molar-refractivity contribution < 1.29 is 14.0 Å². The van der Waals surface area contributed by atoms with Gasteiger partial charge in [-0.05, 0) is 40.8 Å². The number of piperidine rings is 1. The first-order chi connectivity index (χ1) is 8.08. The standard InChI is InChI=1S/C12H11FINO2/c13-8-1-2-10(11(14)7-8)12(17)15-5-3-9(16)4-6-15/h1-2,7H,3-6H2. The highest BCUT2D eigenvalue weighted by molar-refractivity contribution is 14.1. The summed E-state index contributed by atoms with van der Waals surface area (Å²) in [5.41, 5.74) is 0.501. The molecule has 0 spiro atoms. The molecule has 1 aliphatic rings. The van der Waals surface area contributed by atoms with Crippen molar-refractivity contribution in [3.63, 3.8) is 0 Å². The molecule has 0 radical (unpaired) electrons. The molecule has 90 valence electrons. The van der Waals surface area contributed by atoms with Crippen LogP contribution in [0.5, 0.6) is 0 Å². The van der Waals surface area contributed by atoms with Crippen molar-refractivity contribution in [3.8, 4) is 0 Å². The summed E-state index contributed by atoms with van der Waals surface area (Å²) in [7, 11) is 0. The minimum atomic E-state index is -0.347. The van der Waals surface area contributed by atoms with Crippen molar-refractivity contribution in [1.29, 1.82) is 0 Å². The number of carbonyl (C=O) groups is 2. The number of hydrogen-bond donors (Lipinski definition) is 0. The van der Waals surface area contributed by atoms with Crippen LogP contribution in [-0.4, -0.2) is 29.7 Å². The summed E-state index contributed by atoms with van der Waals surface area (Å²) < 4.78 is 13.5. The number of hydrogen-bond acceptors (Lipinski definition) is 2. The number of likely N-dealkylation sites (tertiary alicyclic amines) is 1. The topological polar surface area (TPSA) is 37.4 Å². The van der Waals surface area contributed by atoms with Crippen molar-refractivity contribution in [2.24, 2.45) is 0 Å². The first-order valence-corrected chi connectivity index (χ1v) is 6.42. The summed E-state index contributed by atoms with van der Waals surface area (Å²) in [6.45, 7) is 0.927. The van der Waals surface area contributed by atoms with Crippen molar-refractivity contribution in [2.45, 2.75) is 12.8 Å². The molecule has 0 unspecified atom stereocenters. The SMILES string of the molecule is O=C1CCN(C(=O)c2ccc(F)cc2I)CC1. The van der Waals surface area contributed by atoms with Crippen LogP contribution in [0.15, 0.2) is 18.2 Å². The largest absolute Gasteiger partial charge is 0.338 e. The molecule has 1 amide bonds. The molecule has 2 rings (SSSR count). The lowest BCUT2D eigenvalue weighted by Gasteiger charge is -2.26. The van der Waals surface area contributed by atoms with E-state index in [1.165, 1.54) is 18.2 Å². The average Bonchev–Trinajstić information content (AvgIpc) is 2.29. The summed E-state index contributed by atoms with van der Waals surface area (Å²) in [5.74, 6) is -0.274. The van der Waals surface area contributed by atoms with Crippen LogP contribution in [0.3, 0.4) is 0 Å². The lowest BCUT2D eigenvalue weighted by atomic mass is 10.1. The molecule has 1 fully saturated rings. The average molecular weight is 347 g/mol. The molecule has 0 aromatic heterocycles. The Morgan fingerprint density at radius 1 is 1.29 bits per heavy atom. The van der Waals surface area contributed by atoms with E-state index in [4.69, 9.17) is 0 Å². The summed E-state index contributed by atoms with van der Waals surface area (Å²) >= 11 is 1.95. The molecule has 17 heavy (non-hydrogen) atoms. The number of benzene rings is 1. The first-order valence-electron chi connectivity index (χ1n) is 5.34. The van der Waals surface area contributed by atoms with Crippen molar-refractivity contribution in [1.82, 2.24) is 4.90 Å². The van der Waals surface area contributed by atoms with Crippen LogP contribution in [0, 0.1) is 9.39 Å². The Labute approximate surface area is 112 Å². The molecule has 0 aliphatic carbocycles. The summed E-state index contributed by atoms with van der Waals surface area (Å²) in [5, 5.41) is 0. The molecule has 1 saturated heterocycles. The zero-order chi connectivity index (χ0) is 12.4. The molecule has 1 heterocycles. The van der Waals surface area contributed by atoms with Crippen LogP contribution in [-0.2, 0) is 4.79 Å². The second-order valence-corrected chi connectivity index (χ2v) is 5.12. The Morgan fingerprint density at radius 3 is 2.53 bits per heavy atom. The van der Waals surface area contributed by atoms with Gasteiger partial charge in [0.05, 0.1) is 5.56 Å². The van der Waals surface area contributed by atoms with Gasteiger partial charge in [-0.15, -0.1) is 0 Å². The molecule has 1 aromatic rings. The van der Waals surface area contributed by atoms with Crippen LogP contribution in [0.4, 0.5) is 4.39 Å². The molecule has 1 aliphatic heterocycles. The van der Waals surface area contributed by atoms with E-state index in [9.17, 15) is 14.0 Å². The highest BCUT2D eigenvalue weighted by Crippen LogP contribution is 2.18. The summed E-state index contributed by atoms with van der Waals surface area (Å²) in [6, 6.07) is 4.11. The number of rotatable bonds is 1. The normalized spacial score (nSPS) is 16.1. The third-order valence-electron chi connectivity index (χ3n) is 2.77. The van der Waals surface area contributed by atoms with Gasteiger partial charge < -0.3 is 4.90 Å². The van der Waals surface area contributed by atoms with E-state index in [2.05, 4.69) is 0 Å². The van der Waals surface area contributed by atoms with Gasteiger partial charge in [-0.25, -0.2) is 4.39 Å². The second-order valence-electron chi connectivity index (χ2n) is 3.96. The van der Waals surface area contributed by atoms with Gasteiger partial charge in [-0.1, -0.05) is 0 Å². The zero-order valence-corrected chi connectivity index (χ0v) is 11.2. The van der Waals surface area contributed by atoms with E-state index in [1.54, 1.807) is 4.90 Å². The smallest absolute Gasteiger partial charge is 0.254 e. The summed E-state index contributed by atoms with van der Waals surface area (Å²) in [6.07, 6.45) is 0.840. The van der Waals surface area contributed by atoms with Gasteiger partial charge in [0.15, 0.2) is 0 Å². The van der Waals surface area contributed by atoms with E-state index < -0.39 is 0 Å². The number of nitrogens with zero attached hydrogens (tertiary/aromatic N) is 1. The molecular formula is C12H11FINO2. The molecule has 5 heteroatoms. The van der Waals surface area contributed by atoms with Crippen LogP contribution in [0.1, 0.15) is 23.2 Å². The lowest BCUT2D eigenvalue weighted by Crippen LogP contribution is -2.38. The molecule has 0 saturated carbocycles. The minimum Gasteiger partial charge on any atom is -0.338 e. The van der Waals surface area contributed by atoms with Gasteiger partial charge in [0, 0.05) is 29.5 Å². The van der Waals surface area contributed by atoms with Crippen molar-refractivity contribution in [2.75, 3.05) is 13.1 Å². The zero-order valence-electron chi connectivity index (χ0n) is 9.08. The Balaban J connectivity index is 2.16. The van der Waals surface area contributed by atoms with Gasteiger partial charge in [0.25, 0.3) is 5.91 Å². The number of carbonyl (C=O) groups excluding carboxylic acids is 2. The predicted octanol–water partition coefficient (Wildman–Crippen LogP) is 2.24. The maximum Gasteiger partial charge on any atom is 0.254 e. The Hall–Kier alpha value is -0.980. The fraction of sp³-hybridized carbons (Fsp3) is 0.333. The van der Waals surface area contributed by atoms with Crippen LogP contribution < -0.4 is 0 Å². The van der Waals surface area contributed by atoms with Gasteiger partial charge in [-0.3, -0.25) is 9.59 Å². The van der Waals surface area contributed by atoms with Gasteiger partial charge in [0.2, 0.25) is 0 Å². The maximum atomic E-state index is 12.9. The first kappa shape index (κ1) is 12.5. The van der Waals surface area contributed by atoms with Crippen LogP contribution >= 0.6 is 22.6 Å². The summed E-state index contributed by atoms with van der Waals surface area (Å²) in [4.78, 5) is 24.9. The van der Waals surface area contributed by atoms with Gasteiger partial charge >= 0.3 is 0 Å². The number of halogens is 2. The lowest BCUT2D eigenvalue weighted by molar-refractivity contribution is -0.120. The van der Waals surface area contributed by atoms with Gasteiger partial charge in [-0.2, -0.15) is 0 Å². The van der Waals surface area contributed by atoms with E-state index in [1.807, 2.05) is 22.6 Å². The van der Waals surface area contributed by atoms with E-state index in [0.29, 0.717) is 35.1 Å². The highest BCUT2D eigenvalue weighted by Gasteiger charge is 2.23. The molecular weight excluding hydrogens is 336 g/mol. The molecule has 0 N–H and O–H groups in total. The molecule has 3 nitrogen and oxygen atoms in total. The fourth-order valence-electron chi connectivity index (χ4n) is 1.79. The van der Waals surface area contributed by atoms with Gasteiger partial charge in [0.1, 0.15) is 11.6 Å². The third kappa shape index (κ3) is 2.83. The predicted molar refractivity (Wildman–Crippen MR) is 69.3 cm³/mol. The van der Waals surface area contributed by atoms with E-state index >= 15 is 0 Å². The maximum absolute atomic E-state index is 12.9. The quantitative estimate of drug-likeness (QED) is 0.731. The Morgan fingerprint density at radius 2 is 1.94 bits per heavy atom. The minimum absolute atomic E-state index is 0.123. The number of Topliss-reactive ketones (excluding diaryl/α,β-unsaturated/α-hetero) is 1. The third-order valence-corrected chi connectivity index (χ3v) is 3.66. The van der Waals surface area contributed by atoms with Crippen molar-refractivity contribution in [3.05, 3.63) is 33.1 Å². The van der Waals surface area contributed by atoms with Crippen LogP contribution in [0.25, 0.3) is 0 Å². The fourth-order valence-corrected chi connectivity index (χ4v) is 2.50. The van der Waals surface area contributed by atoms with Crippen LogP contribution in [0.2, 0.25) is 0 Å². The highest BCUT2D eigenvalue weighted by atomic mass is 127. The molecule has 1 aromatic carbocycles. The Bertz CT molecular complexity index is 466. The Kier molecular flexibility index (Phi) is 3.76. The number of ketones is 1. The van der Waals surface area contributed by atoms with E-state index in [0.717, 1.165) is 0 Å². The second kappa shape index (κ2) is 5.12. The number of amides is 1. The molecule has 0 bridgehead atoms.